The van der Waals surface area contributed by atoms with E-state index in [-0.39, 0.29) is 37.4 Å². The summed E-state index contributed by atoms with van der Waals surface area (Å²) in [6.07, 6.45) is 0. The quantitative estimate of drug-likeness (QED) is 0.858. The topological polar surface area (TPSA) is 43.8 Å². The Balaban J connectivity index is 0.00000169. The fourth-order valence-corrected chi connectivity index (χ4v) is 4.00. The first-order valence-electron chi connectivity index (χ1n) is 8.35. The maximum Gasteiger partial charge on any atom is 0.317 e. The molecular weight excluding hydrogens is 371 g/mol. The third kappa shape index (κ3) is 3.89. The number of carbonyl (C=O) groups is 1. The average Bonchev–Trinajstić information content (AvgIpc) is 2.60. The van der Waals surface area contributed by atoms with Crippen molar-refractivity contribution in [2.45, 2.75) is 18.5 Å². The van der Waals surface area contributed by atoms with Crippen molar-refractivity contribution in [3.05, 3.63) is 71.8 Å². The zero-order valence-electron chi connectivity index (χ0n) is 15.0. The second-order valence-corrected chi connectivity index (χ2v) is 6.47. The van der Waals surface area contributed by atoms with E-state index in [1.54, 1.807) is 0 Å². The zero-order chi connectivity index (χ0) is 17.2. The molecule has 1 fully saturated rings. The molecule has 6 heteroatoms. The zero-order valence-corrected chi connectivity index (χ0v) is 16.7. The number of halogens is 2. The van der Waals surface area contributed by atoms with Gasteiger partial charge in [-0.15, -0.1) is 24.8 Å². The summed E-state index contributed by atoms with van der Waals surface area (Å²) in [5.74, 6) is -0.789. The second-order valence-electron chi connectivity index (χ2n) is 6.47. The Hall–Kier alpha value is -1.59. The Kier molecular flexibility index (Phi) is 8.10. The van der Waals surface area contributed by atoms with Crippen molar-refractivity contribution in [3.8, 4) is 0 Å². The third-order valence-electron chi connectivity index (χ3n) is 5.24. The summed E-state index contributed by atoms with van der Waals surface area (Å²) in [5, 5.41) is 9.49. The molecule has 2 aromatic carbocycles. The van der Waals surface area contributed by atoms with Crippen LogP contribution in [0.1, 0.15) is 18.1 Å². The number of benzene rings is 2. The van der Waals surface area contributed by atoms with E-state index in [2.05, 4.69) is 48.0 Å². The van der Waals surface area contributed by atoms with Crippen LogP contribution in [0.2, 0.25) is 0 Å². The van der Waals surface area contributed by atoms with Crippen LogP contribution in [0.4, 0.5) is 0 Å². The Morgan fingerprint density at radius 3 is 1.88 bits per heavy atom. The molecule has 0 bridgehead atoms. The lowest BCUT2D eigenvalue weighted by Crippen LogP contribution is -2.65. The van der Waals surface area contributed by atoms with Gasteiger partial charge in [0.05, 0.1) is 12.1 Å². The second kappa shape index (κ2) is 9.38. The van der Waals surface area contributed by atoms with Crippen LogP contribution in [0, 0.1) is 0 Å². The van der Waals surface area contributed by atoms with Crippen LogP contribution >= 0.6 is 24.8 Å². The van der Waals surface area contributed by atoms with Gasteiger partial charge in [-0.2, -0.15) is 0 Å². The molecule has 0 aromatic heterocycles. The van der Waals surface area contributed by atoms with E-state index in [1.807, 2.05) is 36.4 Å². The number of likely N-dealkylation sites (N-methyl/N-ethyl adjacent to an activating group) is 1. The van der Waals surface area contributed by atoms with Gasteiger partial charge >= 0.3 is 5.97 Å². The van der Waals surface area contributed by atoms with Crippen molar-refractivity contribution in [1.82, 2.24) is 9.80 Å². The number of aliphatic carboxylic acids is 1. The lowest BCUT2D eigenvalue weighted by Gasteiger charge is -2.55. The van der Waals surface area contributed by atoms with Crippen LogP contribution in [0.25, 0.3) is 0 Å². The summed E-state index contributed by atoms with van der Waals surface area (Å²) in [4.78, 5) is 16.0. The van der Waals surface area contributed by atoms with Gasteiger partial charge in [-0.25, -0.2) is 0 Å². The molecule has 1 aliphatic heterocycles. The fraction of sp³-hybridized carbons (Fsp3) is 0.350. The van der Waals surface area contributed by atoms with Crippen molar-refractivity contribution in [3.63, 3.8) is 0 Å². The van der Waals surface area contributed by atoms with Crippen molar-refractivity contribution >= 4 is 30.8 Å². The third-order valence-corrected chi connectivity index (χ3v) is 5.24. The summed E-state index contributed by atoms with van der Waals surface area (Å²) in [6.45, 7) is 3.79. The summed E-state index contributed by atoms with van der Waals surface area (Å²) in [7, 11) is 2.11. The highest BCUT2D eigenvalue weighted by Gasteiger charge is 2.49. The number of hydrogen-bond donors (Lipinski definition) is 1. The smallest absolute Gasteiger partial charge is 0.317 e. The Morgan fingerprint density at radius 2 is 1.46 bits per heavy atom. The molecule has 0 radical (unpaired) electrons. The molecule has 0 amide bonds. The highest BCUT2D eigenvalue weighted by atomic mass is 35.5. The van der Waals surface area contributed by atoms with Crippen molar-refractivity contribution in [2.75, 3.05) is 26.7 Å². The predicted molar refractivity (Wildman–Crippen MR) is 109 cm³/mol. The Bertz CT molecular complexity index is 658. The largest absolute Gasteiger partial charge is 0.480 e. The first-order valence-corrected chi connectivity index (χ1v) is 8.35. The minimum atomic E-state index is -0.789. The van der Waals surface area contributed by atoms with Crippen molar-refractivity contribution in [1.29, 1.82) is 0 Å². The molecule has 26 heavy (non-hydrogen) atoms. The summed E-state index contributed by atoms with van der Waals surface area (Å²) in [6, 6.07) is 20.7. The molecule has 1 unspecified atom stereocenters. The predicted octanol–water partition coefficient (Wildman–Crippen LogP) is 3.49. The molecule has 4 nitrogen and oxygen atoms in total. The SMILES string of the molecule is CC1N(C)CCN(CC(=O)O)C1(c1ccccc1)c1ccccc1.Cl.Cl. The standard InChI is InChI=1S/C20H24N2O2.2ClH/c1-16-20(17-9-5-3-6-10-17,18-11-7-4-8-12-18)22(15-19(23)24)14-13-21(16)2;;/h3-12,16H,13-15H2,1-2H3,(H,23,24);2*1H. The minimum Gasteiger partial charge on any atom is -0.480 e. The molecule has 0 saturated carbocycles. The highest BCUT2D eigenvalue weighted by Crippen LogP contribution is 2.42. The first kappa shape index (κ1) is 22.5. The van der Waals surface area contributed by atoms with Gasteiger partial charge in [-0.1, -0.05) is 60.7 Å². The summed E-state index contributed by atoms with van der Waals surface area (Å²) in [5.41, 5.74) is 1.79. The molecule has 1 heterocycles. The Morgan fingerprint density at radius 1 is 1.00 bits per heavy atom. The van der Waals surface area contributed by atoms with E-state index in [9.17, 15) is 9.90 Å². The summed E-state index contributed by atoms with van der Waals surface area (Å²) >= 11 is 0. The molecule has 1 aliphatic rings. The van der Waals surface area contributed by atoms with Crippen LogP contribution in [0.5, 0.6) is 0 Å². The number of rotatable bonds is 4. The molecule has 1 N–H and O–H groups in total. The normalized spacial score (nSPS) is 19.8. The van der Waals surface area contributed by atoms with Crippen LogP contribution < -0.4 is 0 Å². The number of carboxylic acids is 1. The maximum atomic E-state index is 11.6. The molecule has 142 valence electrons. The summed E-state index contributed by atoms with van der Waals surface area (Å²) < 4.78 is 0. The lowest BCUT2D eigenvalue weighted by atomic mass is 9.74. The van der Waals surface area contributed by atoms with E-state index < -0.39 is 11.5 Å². The molecule has 3 rings (SSSR count). The molecule has 2 aromatic rings. The number of hydrogen-bond acceptors (Lipinski definition) is 3. The van der Waals surface area contributed by atoms with Gasteiger partial charge in [0.25, 0.3) is 0 Å². The van der Waals surface area contributed by atoms with Crippen LogP contribution in [0.15, 0.2) is 60.7 Å². The van der Waals surface area contributed by atoms with E-state index in [0.717, 1.165) is 24.2 Å². The molecule has 1 saturated heterocycles. The molecule has 0 spiro atoms. The van der Waals surface area contributed by atoms with E-state index in [4.69, 9.17) is 0 Å². The van der Waals surface area contributed by atoms with Crippen LogP contribution in [-0.4, -0.2) is 53.6 Å². The number of nitrogens with zero attached hydrogens (tertiary/aromatic N) is 2. The fourth-order valence-electron chi connectivity index (χ4n) is 4.00. The van der Waals surface area contributed by atoms with Gasteiger partial charge in [0, 0.05) is 19.1 Å². The number of carboxylic acid groups (broad SMARTS) is 1. The average molecular weight is 397 g/mol. The highest BCUT2D eigenvalue weighted by molar-refractivity contribution is 5.85. The maximum absolute atomic E-state index is 11.6. The van der Waals surface area contributed by atoms with Gasteiger partial charge in [0.15, 0.2) is 0 Å². The van der Waals surface area contributed by atoms with Gasteiger partial charge in [-0.3, -0.25) is 14.6 Å². The number of piperazine rings is 1. The van der Waals surface area contributed by atoms with Crippen molar-refractivity contribution < 1.29 is 9.90 Å². The van der Waals surface area contributed by atoms with E-state index >= 15 is 0 Å². The van der Waals surface area contributed by atoms with Crippen LogP contribution in [0.3, 0.4) is 0 Å². The lowest BCUT2D eigenvalue weighted by molar-refractivity contribution is -0.142. The van der Waals surface area contributed by atoms with Crippen molar-refractivity contribution in [2.24, 2.45) is 0 Å². The van der Waals surface area contributed by atoms with Gasteiger partial charge in [-0.05, 0) is 25.1 Å². The van der Waals surface area contributed by atoms with Gasteiger partial charge in [0.1, 0.15) is 0 Å². The first-order chi connectivity index (χ1) is 11.6. The molecule has 0 aliphatic carbocycles. The van der Waals surface area contributed by atoms with Gasteiger partial charge < -0.3 is 5.11 Å². The minimum absolute atomic E-state index is 0. The molecular formula is C20H26Cl2N2O2. The molecule has 1 atom stereocenters. The monoisotopic (exact) mass is 396 g/mol. The van der Waals surface area contributed by atoms with E-state index in [1.165, 1.54) is 0 Å². The Labute approximate surface area is 167 Å². The van der Waals surface area contributed by atoms with Gasteiger partial charge in [0.2, 0.25) is 0 Å². The van der Waals surface area contributed by atoms with Crippen LogP contribution in [-0.2, 0) is 10.3 Å². The van der Waals surface area contributed by atoms with E-state index in [0.29, 0.717) is 0 Å².